The summed E-state index contributed by atoms with van der Waals surface area (Å²) in [4.78, 5) is 32.1. The van der Waals surface area contributed by atoms with Crippen LogP contribution in [0.3, 0.4) is 0 Å². The summed E-state index contributed by atoms with van der Waals surface area (Å²) in [5.41, 5.74) is 4.63. The SMILES string of the molecule is CCC(C)N(CC(=O)N1CCc2sccc2C1c1ccc(C(C)(C)C)cc1)C(=O)/C=C/c1ccccc1. The van der Waals surface area contributed by atoms with Crippen LogP contribution in [0, 0.1) is 0 Å². The third-order valence-electron chi connectivity index (χ3n) is 7.31. The zero-order chi connectivity index (χ0) is 26.6. The highest BCUT2D eigenvalue weighted by Gasteiger charge is 2.34. The van der Waals surface area contributed by atoms with Crippen molar-refractivity contribution in [3.05, 3.63) is 99.3 Å². The van der Waals surface area contributed by atoms with E-state index in [1.54, 1.807) is 22.3 Å². The van der Waals surface area contributed by atoms with Crippen LogP contribution < -0.4 is 0 Å². The first kappa shape index (κ1) is 26.9. The first-order valence-electron chi connectivity index (χ1n) is 13.2. The molecule has 1 aliphatic heterocycles. The van der Waals surface area contributed by atoms with Gasteiger partial charge in [-0.25, -0.2) is 0 Å². The van der Waals surface area contributed by atoms with Crippen LogP contribution in [0.2, 0.25) is 0 Å². The van der Waals surface area contributed by atoms with Crippen LogP contribution in [-0.2, 0) is 21.4 Å². The predicted octanol–water partition coefficient (Wildman–Crippen LogP) is 6.86. The van der Waals surface area contributed by atoms with Gasteiger partial charge in [-0.3, -0.25) is 9.59 Å². The third-order valence-corrected chi connectivity index (χ3v) is 8.30. The highest BCUT2D eigenvalue weighted by Crippen LogP contribution is 2.38. The second-order valence-electron chi connectivity index (χ2n) is 10.9. The minimum atomic E-state index is -0.134. The number of hydrogen-bond donors (Lipinski definition) is 0. The first-order valence-corrected chi connectivity index (χ1v) is 14.1. The fourth-order valence-corrected chi connectivity index (χ4v) is 5.75. The van der Waals surface area contributed by atoms with E-state index in [1.807, 2.05) is 48.2 Å². The highest BCUT2D eigenvalue weighted by molar-refractivity contribution is 7.10. The molecule has 0 aliphatic carbocycles. The second kappa shape index (κ2) is 11.5. The molecule has 2 heterocycles. The number of fused-ring (bicyclic) bond motifs is 1. The summed E-state index contributed by atoms with van der Waals surface area (Å²) in [5, 5.41) is 2.12. The topological polar surface area (TPSA) is 40.6 Å². The number of benzene rings is 2. The molecule has 2 atom stereocenters. The van der Waals surface area contributed by atoms with Gasteiger partial charge in [0.1, 0.15) is 6.54 Å². The van der Waals surface area contributed by atoms with Crippen LogP contribution in [-0.4, -0.2) is 40.7 Å². The summed E-state index contributed by atoms with van der Waals surface area (Å²) in [7, 11) is 0. The maximum Gasteiger partial charge on any atom is 0.247 e. The number of nitrogens with zero attached hydrogens (tertiary/aromatic N) is 2. The second-order valence-corrected chi connectivity index (χ2v) is 11.9. The van der Waals surface area contributed by atoms with Crippen molar-refractivity contribution < 1.29 is 9.59 Å². The van der Waals surface area contributed by atoms with Gasteiger partial charge in [-0.2, -0.15) is 0 Å². The normalized spacial score (nSPS) is 16.5. The van der Waals surface area contributed by atoms with Crippen molar-refractivity contribution in [1.29, 1.82) is 0 Å². The van der Waals surface area contributed by atoms with Crippen LogP contribution in [0.5, 0.6) is 0 Å². The van der Waals surface area contributed by atoms with Crippen molar-refractivity contribution >= 4 is 29.2 Å². The molecule has 5 heteroatoms. The van der Waals surface area contributed by atoms with Gasteiger partial charge in [0.2, 0.25) is 11.8 Å². The molecular weight excluding hydrogens is 476 g/mol. The molecule has 3 aromatic rings. The lowest BCUT2D eigenvalue weighted by atomic mass is 9.85. The van der Waals surface area contributed by atoms with Crippen molar-refractivity contribution in [2.24, 2.45) is 0 Å². The van der Waals surface area contributed by atoms with E-state index in [-0.39, 0.29) is 35.9 Å². The van der Waals surface area contributed by atoms with Crippen LogP contribution in [0.15, 0.2) is 72.1 Å². The van der Waals surface area contributed by atoms with E-state index in [0.29, 0.717) is 6.54 Å². The largest absolute Gasteiger partial charge is 0.330 e. The quantitative estimate of drug-likeness (QED) is 0.323. The van der Waals surface area contributed by atoms with Crippen molar-refractivity contribution in [3.8, 4) is 0 Å². The molecule has 4 rings (SSSR count). The molecule has 2 aromatic carbocycles. The van der Waals surface area contributed by atoms with Gasteiger partial charge in [0.05, 0.1) is 6.04 Å². The molecule has 0 saturated heterocycles. The number of thiophene rings is 1. The van der Waals surface area contributed by atoms with Crippen LogP contribution >= 0.6 is 11.3 Å². The Hall–Kier alpha value is -3.18. The van der Waals surface area contributed by atoms with Crippen molar-refractivity contribution in [2.75, 3.05) is 13.1 Å². The summed E-state index contributed by atoms with van der Waals surface area (Å²) >= 11 is 1.77. The van der Waals surface area contributed by atoms with E-state index in [2.05, 4.69) is 63.4 Å². The molecule has 1 aliphatic rings. The van der Waals surface area contributed by atoms with Crippen molar-refractivity contribution in [3.63, 3.8) is 0 Å². The fourth-order valence-electron chi connectivity index (χ4n) is 4.85. The lowest BCUT2D eigenvalue weighted by molar-refractivity contribution is -0.141. The number of hydrogen-bond acceptors (Lipinski definition) is 3. The van der Waals surface area contributed by atoms with Gasteiger partial charge >= 0.3 is 0 Å². The number of carbonyl (C=O) groups excluding carboxylic acids is 2. The van der Waals surface area contributed by atoms with Gasteiger partial charge in [-0.15, -0.1) is 11.3 Å². The molecule has 1 aromatic heterocycles. The molecule has 0 fully saturated rings. The average Bonchev–Trinajstić information content (AvgIpc) is 3.38. The molecule has 0 bridgehead atoms. The van der Waals surface area contributed by atoms with E-state index in [9.17, 15) is 9.59 Å². The average molecular weight is 515 g/mol. The van der Waals surface area contributed by atoms with Gasteiger partial charge in [-0.1, -0.05) is 82.3 Å². The standard InChI is InChI=1S/C32H38N2O2S/c1-6-23(2)34(29(35)17-12-24-10-8-7-9-11-24)22-30(36)33-20-18-28-27(19-21-37-28)31(33)25-13-15-26(16-14-25)32(3,4)5/h7-17,19,21,23,31H,6,18,20,22H2,1-5H3/b17-12+. The molecule has 0 spiro atoms. The Morgan fingerprint density at radius 3 is 2.43 bits per heavy atom. The highest BCUT2D eigenvalue weighted by atomic mass is 32.1. The van der Waals surface area contributed by atoms with E-state index >= 15 is 0 Å². The lowest BCUT2D eigenvalue weighted by Crippen LogP contribution is -2.48. The van der Waals surface area contributed by atoms with Gasteiger partial charge in [0, 0.05) is 23.5 Å². The monoisotopic (exact) mass is 514 g/mol. The fraction of sp³-hybridized carbons (Fsp3) is 0.375. The lowest BCUT2D eigenvalue weighted by Gasteiger charge is -2.38. The van der Waals surface area contributed by atoms with E-state index < -0.39 is 0 Å². The van der Waals surface area contributed by atoms with Crippen LogP contribution in [0.4, 0.5) is 0 Å². The molecule has 0 N–H and O–H groups in total. The Kier molecular flexibility index (Phi) is 8.33. The number of carbonyl (C=O) groups is 2. The maximum absolute atomic E-state index is 13.9. The minimum absolute atomic E-state index is 0.0106. The van der Waals surface area contributed by atoms with Crippen LogP contribution in [0.25, 0.3) is 6.08 Å². The maximum atomic E-state index is 13.9. The molecule has 2 unspecified atom stereocenters. The van der Waals surface area contributed by atoms with E-state index in [4.69, 9.17) is 0 Å². The molecule has 37 heavy (non-hydrogen) atoms. The van der Waals surface area contributed by atoms with Crippen molar-refractivity contribution in [2.45, 2.75) is 65.0 Å². The zero-order valence-electron chi connectivity index (χ0n) is 22.6. The molecular formula is C32H38N2O2S. The Morgan fingerprint density at radius 1 is 1.08 bits per heavy atom. The summed E-state index contributed by atoms with van der Waals surface area (Å²) in [6, 6.07) is 20.4. The summed E-state index contributed by atoms with van der Waals surface area (Å²) in [6.45, 7) is 11.4. The number of rotatable bonds is 7. The zero-order valence-corrected chi connectivity index (χ0v) is 23.4. The van der Waals surface area contributed by atoms with Crippen molar-refractivity contribution in [1.82, 2.24) is 9.80 Å². The predicted molar refractivity (Wildman–Crippen MR) is 154 cm³/mol. The summed E-state index contributed by atoms with van der Waals surface area (Å²) < 4.78 is 0. The summed E-state index contributed by atoms with van der Waals surface area (Å²) in [6.07, 6.45) is 5.04. The Balaban J connectivity index is 1.59. The Morgan fingerprint density at radius 2 is 1.78 bits per heavy atom. The third kappa shape index (κ3) is 6.22. The Labute approximate surface area is 225 Å². The molecule has 4 nitrogen and oxygen atoms in total. The van der Waals surface area contributed by atoms with E-state index in [1.165, 1.54) is 16.0 Å². The van der Waals surface area contributed by atoms with Gasteiger partial charge in [0.15, 0.2) is 0 Å². The van der Waals surface area contributed by atoms with Gasteiger partial charge in [0.25, 0.3) is 0 Å². The van der Waals surface area contributed by atoms with Crippen LogP contribution in [0.1, 0.15) is 74.2 Å². The smallest absolute Gasteiger partial charge is 0.247 e. The molecule has 0 saturated carbocycles. The Bertz CT molecular complexity index is 1240. The molecule has 2 amide bonds. The van der Waals surface area contributed by atoms with Gasteiger partial charge in [-0.05, 0) is 65.0 Å². The summed E-state index contributed by atoms with van der Waals surface area (Å²) in [5.74, 6) is -0.144. The van der Waals surface area contributed by atoms with E-state index in [0.717, 1.165) is 24.0 Å². The van der Waals surface area contributed by atoms with Gasteiger partial charge < -0.3 is 9.80 Å². The first-order chi connectivity index (χ1) is 17.7. The molecule has 194 valence electrons. The molecule has 0 radical (unpaired) electrons. The number of amides is 2. The minimum Gasteiger partial charge on any atom is -0.330 e.